The molecule has 4 nitrogen and oxygen atoms in total. The molecular formula is C9H17N3O. The molecule has 0 amide bonds. The Bertz CT molecular complexity index is 248. The van der Waals surface area contributed by atoms with Gasteiger partial charge in [-0.2, -0.15) is 5.10 Å². The van der Waals surface area contributed by atoms with Crippen molar-refractivity contribution in [2.75, 3.05) is 6.54 Å². The fourth-order valence-corrected chi connectivity index (χ4v) is 1.24. The summed E-state index contributed by atoms with van der Waals surface area (Å²) in [5.74, 6) is 0. The number of nitrogens with zero attached hydrogens (tertiary/aromatic N) is 1. The van der Waals surface area contributed by atoms with Gasteiger partial charge in [0.05, 0.1) is 11.8 Å². The summed E-state index contributed by atoms with van der Waals surface area (Å²) in [6, 6.07) is 0. The molecule has 0 aromatic carbocycles. The lowest BCUT2D eigenvalue weighted by Crippen LogP contribution is -2.24. The molecule has 1 rings (SSSR count). The van der Waals surface area contributed by atoms with Gasteiger partial charge in [-0.3, -0.25) is 5.10 Å². The molecule has 0 fully saturated rings. The van der Waals surface area contributed by atoms with Crippen LogP contribution in [0.2, 0.25) is 0 Å². The van der Waals surface area contributed by atoms with E-state index in [9.17, 15) is 0 Å². The summed E-state index contributed by atoms with van der Waals surface area (Å²) >= 11 is 0. The van der Waals surface area contributed by atoms with Crippen LogP contribution in [0.25, 0.3) is 0 Å². The van der Waals surface area contributed by atoms with Crippen molar-refractivity contribution < 1.29 is 5.11 Å². The third kappa shape index (κ3) is 2.82. The van der Waals surface area contributed by atoms with Gasteiger partial charge in [-0.15, -0.1) is 0 Å². The first kappa shape index (κ1) is 10.2. The highest BCUT2D eigenvalue weighted by molar-refractivity contribution is 5.22. The van der Waals surface area contributed by atoms with Crippen LogP contribution in [-0.2, 0) is 6.54 Å². The summed E-state index contributed by atoms with van der Waals surface area (Å²) in [7, 11) is 0. The van der Waals surface area contributed by atoms with Crippen LogP contribution in [0.15, 0.2) is 0 Å². The molecule has 13 heavy (non-hydrogen) atoms. The molecule has 0 saturated heterocycles. The second kappa shape index (κ2) is 4.39. The Labute approximate surface area is 78.4 Å². The fraction of sp³-hybridized carbons (Fsp3) is 0.667. The van der Waals surface area contributed by atoms with Gasteiger partial charge >= 0.3 is 0 Å². The van der Waals surface area contributed by atoms with E-state index in [0.29, 0.717) is 6.54 Å². The molecule has 1 heterocycles. The van der Waals surface area contributed by atoms with E-state index in [4.69, 9.17) is 5.11 Å². The Morgan fingerprint density at radius 3 is 2.69 bits per heavy atom. The van der Waals surface area contributed by atoms with Gasteiger partial charge in [-0.1, -0.05) is 0 Å². The van der Waals surface area contributed by atoms with E-state index in [-0.39, 0.29) is 6.10 Å². The lowest BCUT2D eigenvalue weighted by molar-refractivity contribution is 0.191. The third-order valence-corrected chi connectivity index (χ3v) is 2.02. The summed E-state index contributed by atoms with van der Waals surface area (Å²) in [5, 5.41) is 19.2. The van der Waals surface area contributed by atoms with E-state index >= 15 is 0 Å². The number of aliphatic hydroxyl groups excluding tert-OH is 1. The zero-order valence-corrected chi connectivity index (χ0v) is 8.39. The number of hydrogen-bond donors (Lipinski definition) is 3. The summed E-state index contributed by atoms with van der Waals surface area (Å²) in [6.45, 7) is 7.12. The number of H-pyrrole nitrogens is 1. The van der Waals surface area contributed by atoms with Crippen LogP contribution in [0, 0.1) is 13.8 Å². The zero-order chi connectivity index (χ0) is 9.84. The average molecular weight is 183 g/mol. The van der Waals surface area contributed by atoms with Crippen molar-refractivity contribution in [3.8, 4) is 0 Å². The molecule has 74 valence electrons. The molecule has 0 aliphatic rings. The van der Waals surface area contributed by atoms with Gasteiger partial charge in [0.15, 0.2) is 0 Å². The van der Waals surface area contributed by atoms with Crippen molar-refractivity contribution in [3.05, 3.63) is 17.0 Å². The van der Waals surface area contributed by atoms with E-state index < -0.39 is 0 Å². The predicted octanol–water partition coefficient (Wildman–Crippen LogP) is 0.497. The molecule has 0 bridgehead atoms. The molecule has 4 heteroatoms. The molecular weight excluding hydrogens is 166 g/mol. The van der Waals surface area contributed by atoms with Crippen LogP contribution in [0.3, 0.4) is 0 Å². The van der Waals surface area contributed by atoms with Gasteiger partial charge in [-0.05, 0) is 20.8 Å². The second-order valence-corrected chi connectivity index (χ2v) is 3.39. The SMILES string of the molecule is Cc1n[nH]c(C)c1CNCC(C)O. The number of aryl methyl sites for hydroxylation is 2. The van der Waals surface area contributed by atoms with Crippen molar-refractivity contribution in [3.63, 3.8) is 0 Å². The summed E-state index contributed by atoms with van der Waals surface area (Å²) in [4.78, 5) is 0. The Hall–Kier alpha value is -0.870. The van der Waals surface area contributed by atoms with Gasteiger partial charge in [0.2, 0.25) is 0 Å². The third-order valence-electron chi connectivity index (χ3n) is 2.02. The van der Waals surface area contributed by atoms with E-state index in [1.165, 1.54) is 5.56 Å². The molecule has 0 spiro atoms. The molecule has 3 N–H and O–H groups in total. The van der Waals surface area contributed by atoms with Crippen molar-refractivity contribution in [1.82, 2.24) is 15.5 Å². The minimum absolute atomic E-state index is 0.299. The smallest absolute Gasteiger partial charge is 0.0638 e. The lowest BCUT2D eigenvalue weighted by Gasteiger charge is -2.06. The predicted molar refractivity (Wildman–Crippen MR) is 51.4 cm³/mol. The van der Waals surface area contributed by atoms with Crippen LogP contribution in [0.5, 0.6) is 0 Å². The number of aromatic nitrogens is 2. The van der Waals surface area contributed by atoms with Gasteiger partial charge < -0.3 is 10.4 Å². The van der Waals surface area contributed by atoms with Crippen molar-refractivity contribution >= 4 is 0 Å². The molecule has 0 saturated carbocycles. The number of hydrogen-bond acceptors (Lipinski definition) is 3. The maximum absolute atomic E-state index is 9.03. The average Bonchev–Trinajstić information content (AvgIpc) is 2.34. The maximum atomic E-state index is 9.03. The molecule has 1 aromatic heterocycles. The first-order valence-electron chi connectivity index (χ1n) is 4.50. The highest BCUT2D eigenvalue weighted by Crippen LogP contribution is 2.07. The van der Waals surface area contributed by atoms with Crippen LogP contribution in [-0.4, -0.2) is 28.0 Å². The molecule has 1 unspecified atom stereocenters. The highest BCUT2D eigenvalue weighted by Gasteiger charge is 2.05. The van der Waals surface area contributed by atoms with Crippen LogP contribution in [0.1, 0.15) is 23.9 Å². The monoisotopic (exact) mass is 183 g/mol. The molecule has 0 aliphatic heterocycles. The van der Waals surface area contributed by atoms with Crippen LogP contribution in [0.4, 0.5) is 0 Å². The molecule has 1 aromatic rings. The molecule has 0 aliphatic carbocycles. The van der Waals surface area contributed by atoms with Crippen molar-refractivity contribution in [2.24, 2.45) is 0 Å². The number of nitrogens with one attached hydrogen (secondary N) is 2. The molecule has 1 atom stereocenters. The number of rotatable bonds is 4. The van der Waals surface area contributed by atoms with Gasteiger partial charge in [-0.25, -0.2) is 0 Å². The lowest BCUT2D eigenvalue weighted by atomic mass is 10.2. The summed E-state index contributed by atoms with van der Waals surface area (Å²) in [5.41, 5.74) is 3.31. The normalized spacial score (nSPS) is 13.2. The number of aliphatic hydroxyl groups is 1. The Morgan fingerprint density at radius 2 is 2.23 bits per heavy atom. The zero-order valence-electron chi connectivity index (χ0n) is 8.39. The second-order valence-electron chi connectivity index (χ2n) is 3.39. The van der Waals surface area contributed by atoms with Crippen molar-refractivity contribution in [2.45, 2.75) is 33.4 Å². The van der Waals surface area contributed by atoms with E-state index in [1.807, 2.05) is 13.8 Å². The number of aromatic amines is 1. The van der Waals surface area contributed by atoms with Crippen molar-refractivity contribution in [1.29, 1.82) is 0 Å². The minimum Gasteiger partial charge on any atom is -0.392 e. The summed E-state index contributed by atoms with van der Waals surface area (Å²) in [6.07, 6.45) is -0.299. The van der Waals surface area contributed by atoms with E-state index in [2.05, 4.69) is 15.5 Å². The topological polar surface area (TPSA) is 60.9 Å². The van der Waals surface area contributed by atoms with Gasteiger partial charge in [0, 0.05) is 24.3 Å². The minimum atomic E-state index is -0.299. The Morgan fingerprint density at radius 1 is 1.54 bits per heavy atom. The maximum Gasteiger partial charge on any atom is 0.0638 e. The van der Waals surface area contributed by atoms with E-state index in [1.54, 1.807) is 6.92 Å². The first-order chi connectivity index (χ1) is 6.11. The van der Waals surface area contributed by atoms with Gasteiger partial charge in [0.1, 0.15) is 0 Å². The van der Waals surface area contributed by atoms with Crippen LogP contribution >= 0.6 is 0 Å². The van der Waals surface area contributed by atoms with Crippen LogP contribution < -0.4 is 5.32 Å². The summed E-state index contributed by atoms with van der Waals surface area (Å²) < 4.78 is 0. The standard InChI is InChI=1S/C9H17N3O/c1-6(13)4-10-5-9-7(2)11-12-8(9)3/h6,10,13H,4-5H2,1-3H3,(H,11,12). The van der Waals surface area contributed by atoms with Gasteiger partial charge in [0.25, 0.3) is 0 Å². The largest absolute Gasteiger partial charge is 0.392 e. The Balaban J connectivity index is 2.44. The fourth-order valence-electron chi connectivity index (χ4n) is 1.24. The van der Waals surface area contributed by atoms with E-state index in [0.717, 1.165) is 17.9 Å². The molecule has 0 radical (unpaired) electrons. The highest BCUT2D eigenvalue weighted by atomic mass is 16.3. The quantitative estimate of drug-likeness (QED) is 0.637. The Kier molecular flexibility index (Phi) is 3.45. The first-order valence-corrected chi connectivity index (χ1v) is 4.50.